The average molecular weight is 512 g/mol. The Balaban J connectivity index is 1.35. The van der Waals surface area contributed by atoms with Gasteiger partial charge in [-0.15, -0.1) is 0 Å². The van der Waals surface area contributed by atoms with Crippen molar-refractivity contribution in [2.24, 2.45) is 4.99 Å². The van der Waals surface area contributed by atoms with Gasteiger partial charge in [0.1, 0.15) is 0 Å². The maximum absolute atomic E-state index is 13.2. The maximum atomic E-state index is 13.2. The molecule has 10 heteroatoms. The van der Waals surface area contributed by atoms with E-state index in [0.29, 0.717) is 28.4 Å². The van der Waals surface area contributed by atoms with Crippen molar-refractivity contribution in [3.05, 3.63) is 47.9 Å². The van der Waals surface area contributed by atoms with Gasteiger partial charge in [-0.3, -0.25) is 9.88 Å². The number of piperidine rings is 1. The van der Waals surface area contributed by atoms with Crippen LogP contribution in [0.3, 0.4) is 0 Å². The van der Waals surface area contributed by atoms with Crippen LogP contribution in [0.4, 0.5) is 19.0 Å². The van der Waals surface area contributed by atoms with E-state index in [4.69, 9.17) is 0 Å². The third-order valence-corrected chi connectivity index (χ3v) is 7.61. The molecule has 2 aromatic heterocycles. The summed E-state index contributed by atoms with van der Waals surface area (Å²) in [5.74, 6) is 0.541. The van der Waals surface area contributed by atoms with Gasteiger partial charge in [-0.25, -0.2) is 9.67 Å². The number of allylic oxidation sites excluding steroid dienone is 1. The van der Waals surface area contributed by atoms with Crippen LogP contribution in [-0.2, 0) is 6.18 Å². The Bertz CT molecular complexity index is 1300. The lowest BCUT2D eigenvalue weighted by Crippen LogP contribution is -2.52. The highest BCUT2D eigenvalue weighted by molar-refractivity contribution is 5.97. The predicted molar refractivity (Wildman–Crippen MR) is 141 cm³/mol. The Kier molecular flexibility index (Phi) is 7.04. The van der Waals surface area contributed by atoms with E-state index in [9.17, 15) is 13.2 Å². The van der Waals surface area contributed by atoms with Crippen LogP contribution < -0.4 is 0 Å². The molecule has 5 rings (SSSR count). The van der Waals surface area contributed by atoms with Crippen molar-refractivity contribution >= 4 is 29.6 Å². The number of aliphatic imine (C=N–C) groups is 1. The Labute approximate surface area is 214 Å². The summed E-state index contributed by atoms with van der Waals surface area (Å²) in [6, 6.07) is 6.01. The molecule has 2 saturated heterocycles. The van der Waals surface area contributed by atoms with Crippen LogP contribution in [0.5, 0.6) is 0 Å². The minimum atomic E-state index is -4.42. The Morgan fingerprint density at radius 1 is 1.05 bits per heavy atom. The molecule has 2 aliphatic heterocycles. The summed E-state index contributed by atoms with van der Waals surface area (Å²) in [6.07, 6.45) is 2.98. The fourth-order valence-electron chi connectivity index (χ4n) is 5.39. The third kappa shape index (κ3) is 5.26. The van der Waals surface area contributed by atoms with E-state index >= 15 is 0 Å². The van der Waals surface area contributed by atoms with Crippen LogP contribution in [0.25, 0.3) is 28.2 Å². The third-order valence-electron chi connectivity index (χ3n) is 7.61. The first-order chi connectivity index (χ1) is 17.7. The number of rotatable bonds is 5. The number of pyridine rings is 1. The standard InChI is InChI=1S/C27H32F3N7/c1-19(35-10-7-21(8-11-35)36-14-12-34(3)13-15-36)18-37-26(31-2)24(17-33-37)22-6-9-32-25-16-20(27(28,29)30)4-5-23(22)25/h4-6,9,16-18,21H,2,7-8,10-15H2,1,3H3/b19-18+. The molecule has 196 valence electrons. The van der Waals surface area contributed by atoms with Crippen molar-refractivity contribution in [2.75, 3.05) is 46.3 Å². The number of alkyl halides is 3. The van der Waals surface area contributed by atoms with Gasteiger partial charge in [0, 0.05) is 74.4 Å². The number of nitrogens with zero attached hydrogens (tertiary/aromatic N) is 7. The van der Waals surface area contributed by atoms with Crippen LogP contribution >= 0.6 is 0 Å². The molecule has 4 heterocycles. The highest BCUT2D eigenvalue weighted by Gasteiger charge is 2.31. The summed E-state index contributed by atoms with van der Waals surface area (Å²) >= 11 is 0. The molecule has 0 radical (unpaired) electrons. The molecule has 0 bridgehead atoms. The van der Waals surface area contributed by atoms with Gasteiger partial charge in [0.25, 0.3) is 0 Å². The molecule has 0 N–H and O–H groups in total. The van der Waals surface area contributed by atoms with Crippen molar-refractivity contribution in [3.8, 4) is 11.1 Å². The van der Waals surface area contributed by atoms with E-state index < -0.39 is 11.7 Å². The summed E-state index contributed by atoms with van der Waals surface area (Å²) < 4.78 is 41.3. The highest BCUT2D eigenvalue weighted by atomic mass is 19.4. The van der Waals surface area contributed by atoms with Crippen molar-refractivity contribution < 1.29 is 13.2 Å². The quantitative estimate of drug-likeness (QED) is 0.453. The van der Waals surface area contributed by atoms with Crippen molar-refractivity contribution in [2.45, 2.75) is 32.0 Å². The molecule has 7 nitrogen and oxygen atoms in total. The van der Waals surface area contributed by atoms with Crippen LogP contribution in [0, 0.1) is 0 Å². The summed E-state index contributed by atoms with van der Waals surface area (Å²) in [4.78, 5) is 15.8. The zero-order valence-corrected chi connectivity index (χ0v) is 21.2. The monoisotopic (exact) mass is 511 g/mol. The second kappa shape index (κ2) is 10.3. The minimum absolute atomic E-state index is 0.269. The van der Waals surface area contributed by atoms with Gasteiger partial charge in [0.15, 0.2) is 5.82 Å². The van der Waals surface area contributed by atoms with Gasteiger partial charge < -0.3 is 9.80 Å². The molecule has 0 spiro atoms. The number of hydrogen-bond donors (Lipinski definition) is 0. The van der Waals surface area contributed by atoms with E-state index in [1.54, 1.807) is 16.9 Å². The highest BCUT2D eigenvalue weighted by Crippen LogP contribution is 2.37. The number of aromatic nitrogens is 3. The second-order valence-electron chi connectivity index (χ2n) is 9.90. The molecule has 0 aliphatic carbocycles. The molecule has 0 saturated carbocycles. The second-order valence-corrected chi connectivity index (χ2v) is 9.90. The molecule has 1 aromatic carbocycles. The van der Waals surface area contributed by atoms with E-state index in [1.165, 1.54) is 12.3 Å². The normalized spacial score (nSPS) is 19.1. The largest absolute Gasteiger partial charge is 0.416 e. The zero-order chi connectivity index (χ0) is 26.2. The fraction of sp³-hybridized carbons (Fsp3) is 0.444. The van der Waals surface area contributed by atoms with Gasteiger partial charge >= 0.3 is 6.18 Å². The van der Waals surface area contributed by atoms with Crippen LogP contribution in [-0.4, -0.2) is 88.5 Å². The first-order valence-corrected chi connectivity index (χ1v) is 12.6. The molecule has 0 atom stereocenters. The first kappa shape index (κ1) is 25.4. The molecule has 2 aliphatic rings. The average Bonchev–Trinajstić information content (AvgIpc) is 3.30. The van der Waals surface area contributed by atoms with Gasteiger partial charge in [0.2, 0.25) is 0 Å². The summed E-state index contributed by atoms with van der Waals surface area (Å²) in [6.45, 7) is 12.3. The summed E-state index contributed by atoms with van der Waals surface area (Å²) in [7, 11) is 2.18. The zero-order valence-electron chi connectivity index (χ0n) is 21.2. The van der Waals surface area contributed by atoms with E-state index in [2.05, 4.69) is 50.5 Å². The number of fused-ring (bicyclic) bond motifs is 1. The Morgan fingerprint density at radius 2 is 1.78 bits per heavy atom. The number of hydrogen-bond acceptors (Lipinski definition) is 6. The molecule has 3 aromatic rings. The Hall–Kier alpha value is -3.24. The smallest absolute Gasteiger partial charge is 0.374 e. The Morgan fingerprint density at radius 3 is 2.46 bits per heavy atom. The maximum Gasteiger partial charge on any atom is 0.416 e. The topological polar surface area (TPSA) is 52.8 Å². The number of benzene rings is 1. The summed E-state index contributed by atoms with van der Waals surface area (Å²) in [5.41, 5.74) is 2.04. The lowest BCUT2D eigenvalue weighted by Gasteiger charge is -2.42. The predicted octanol–water partition coefficient (Wildman–Crippen LogP) is 4.98. The van der Waals surface area contributed by atoms with Crippen LogP contribution in [0.1, 0.15) is 25.3 Å². The lowest BCUT2D eigenvalue weighted by molar-refractivity contribution is -0.137. The SMILES string of the molecule is C=Nc1c(-c2ccnc3cc(C(F)(F)F)ccc23)cnn1/C=C(\C)N1CCC(N2CCN(C)CC2)CC1. The van der Waals surface area contributed by atoms with E-state index in [0.717, 1.165) is 69.9 Å². The molecular weight excluding hydrogens is 479 g/mol. The van der Waals surface area contributed by atoms with Crippen LogP contribution in [0.15, 0.2) is 47.3 Å². The minimum Gasteiger partial charge on any atom is -0.374 e. The number of likely N-dealkylation sites (N-methyl/N-ethyl adjacent to an activating group) is 1. The van der Waals surface area contributed by atoms with E-state index in [1.807, 2.05) is 6.20 Å². The van der Waals surface area contributed by atoms with Crippen molar-refractivity contribution in [1.29, 1.82) is 0 Å². The van der Waals surface area contributed by atoms with Crippen molar-refractivity contribution in [3.63, 3.8) is 0 Å². The van der Waals surface area contributed by atoms with E-state index in [-0.39, 0.29) is 5.52 Å². The van der Waals surface area contributed by atoms with Gasteiger partial charge in [0.05, 0.1) is 17.3 Å². The van der Waals surface area contributed by atoms with Crippen molar-refractivity contribution in [1.82, 2.24) is 29.5 Å². The molecule has 37 heavy (non-hydrogen) atoms. The summed E-state index contributed by atoms with van der Waals surface area (Å²) in [5, 5.41) is 5.13. The molecule has 0 amide bonds. The number of piperazine rings is 1. The fourth-order valence-corrected chi connectivity index (χ4v) is 5.39. The molecule has 2 fully saturated rings. The molecular formula is C27H32F3N7. The first-order valence-electron chi connectivity index (χ1n) is 12.6. The van der Waals surface area contributed by atoms with Gasteiger partial charge in [-0.05, 0) is 57.3 Å². The van der Waals surface area contributed by atoms with Gasteiger partial charge in [-0.2, -0.15) is 18.3 Å². The molecule has 0 unspecified atom stereocenters. The van der Waals surface area contributed by atoms with Gasteiger partial charge in [-0.1, -0.05) is 6.07 Å². The van der Waals surface area contributed by atoms with Crippen LogP contribution in [0.2, 0.25) is 0 Å². The lowest BCUT2D eigenvalue weighted by atomic mass is 10.0. The number of halogens is 3. The number of likely N-dealkylation sites (tertiary alicyclic amines) is 1.